The third kappa shape index (κ3) is 3.73. The number of aryl methyl sites for hydroxylation is 1. The maximum atomic E-state index is 4.71. The first-order valence-corrected chi connectivity index (χ1v) is 7.90. The number of hydrogen-bond donors (Lipinski definition) is 1. The highest BCUT2D eigenvalue weighted by Crippen LogP contribution is 2.31. The lowest BCUT2D eigenvalue weighted by atomic mass is 10.3. The van der Waals surface area contributed by atoms with Crippen molar-refractivity contribution in [1.82, 2.24) is 9.97 Å². The van der Waals surface area contributed by atoms with E-state index >= 15 is 0 Å². The minimum Gasteiger partial charge on any atom is -0.370 e. The van der Waals surface area contributed by atoms with Crippen molar-refractivity contribution in [3.8, 4) is 0 Å². The Hall–Kier alpha value is -1.55. The fraction of sp³-hybridized carbons (Fsp3) is 0.375. The fourth-order valence-electron chi connectivity index (χ4n) is 1.91. The van der Waals surface area contributed by atoms with Crippen LogP contribution < -0.4 is 5.32 Å². The van der Waals surface area contributed by atoms with Gasteiger partial charge in [0.25, 0.3) is 0 Å². The molecule has 0 aliphatic heterocycles. The molecular formula is C16H21N3S. The molecule has 3 nitrogen and oxygen atoms in total. The Kier molecular flexibility index (Phi) is 5.41. The van der Waals surface area contributed by atoms with E-state index in [2.05, 4.69) is 55.3 Å². The lowest BCUT2D eigenvalue weighted by Gasteiger charge is -2.12. The normalized spacial score (nSPS) is 10.6. The van der Waals surface area contributed by atoms with Crippen LogP contribution in [0.5, 0.6) is 0 Å². The first-order valence-electron chi connectivity index (χ1n) is 7.08. The van der Waals surface area contributed by atoms with Crippen molar-refractivity contribution in [2.45, 2.75) is 43.5 Å². The highest BCUT2D eigenvalue weighted by molar-refractivity contribution is 7.99. The second-order valence-corrected chi connectivity index (χ2v) is 5.68. The Balaban J connectivity index is 2.34. The van der Waals surface area contributed by atoms with Crippen LogP contribution in [0.4, 0.5) is 5.82 Å². The molecule has 0 unspecified atom stereocenters. The van der Waals surface area contributed by atoms with Gasteiger partial charge < -0.3 is 5.32 Å². The van der Waals surface area contributed by atoms with Gasteiger partial charge in [-0.2, -0.15) is 0 Å². The van der Waals surface area contributed by atoms with E-state index in [9.17, 15) is 0 Å². The second kappa shape index (κ2) is 7.29. The molecule has 0 atom stereocenters. The van der Waals surface area contributed by atoms with Gasteiger partial charge in [-0.3, -0.25) is 0 Å². The molecule has 0 radical (unpaired) electrons. The summed E-state index contributed by atoms with van der Waals surface area (Å²) < 4.78 is 0. The van der Waals surface area contributed by atoms with E-state index in [1.807, 2.05) is 6.07 Å². The number of hydrogen-bond acceptors (Lipinski definition) is 4. The lowest BCUT2D eigenvalue weighted by molar-refractivity contribution is 0.802. The number of nitrogens with zero attached hydrogens (tertiary/aromatic N) is 2. The van der Waals surface area contributed by atoms with Crippen molar-refractivity contribution in [1.29, 1.82) is 0 Å². The predicted octanol–water partition coefficient (Wildman–Crippen LogP) is 4.32. The van der Waals surface area contributed by atoms with Crippen LogP contribution in [0.15, 0.2) is 40.3 Å². The zero-order valence-corrected chi connectivity index (χ0v) is 13.1. The summed E-state index contributed by atoms with van der Waals surface area (Å²) in [5.74, 6) is 1.89. The van der Waals surface area contributed by atoms with Crippen LogP contribution in [0.1, 0.15) is 31.7 Å². The van der Waals surface area contributed by atoms with Gasteiger partial charge in [-0.05, 0) is 32.4 Å². The Labute approximate surface area is 125 Å². The van der Waals surface area contributed by atoms with Crippen molar-refractivity contribution in [2.24, 2.45) is 0 Å². The average Bonchev–Trinajstić information content (AvgIpc) is 2.45. The highest BCUT2D eigenvalue weighted by Gasteiger charge is 2.11. The number of benzene rings is 1. The van der Waals surface area contributed by atoms with Crippen molar-refractivity contribution in [2.75, 3.05) is 11.9 Å². The molecule has 2 rings (SSSR count). The first-order chi connectivity index (χ1) is 9.74. The van der Waals surface area contributed by atoms with E-state index in [4.69, 9.17) is 4.98 Å². The third-order valence-corrected chi connectivity index (χ3v) is 4.02. The molecule has 106 valence electrons. The fourth-order valence-corrected chi connectivity index (χ4v) is 2.83. The molecule has 2 aromatic rings. The molecule has 1 heterocycles. The summed E-state index contributed by atoms with van der Waals surface area (Å²) in [6, 6.07) is 10.4. The van der Waals surface area contributed by atoms with Crippen LogP contribution in [-0.4, -0.2) is 16.5 Å². The van der Waals surface area contributed by atoms with Crippen LogP contribution in [0.2, 0.25) is 0 Å². The molecule has 0 spiro atoms. The second-order valence-electron chi connectivity index (χ2n) is 4.61. The monoisotopic (exact) mass is 287 g/mol. The van der Waals surface area contributed by atoms with Gasteiger partial charge in [0.1, 0.15) is 16.7 Å². The van der Waals surface area contributed by atoms with Gasteiger partial charge in [0, 0.05) is 23.4 Å². The summed E-state index contributed by atoms with van der Waals surface area (Å²) in [5, 5.41) is 4.38. The van der Waals surface area contributed by atoms with Crippen LogP contribution in [0.25, 0.3) is 0 Å². The van der Waals surface area contributed by atoms with E-state index in [-0.39, 0.29) is 0 Å². The molecule has 1 N–H and O–H groups in total. The van der Waals surface area contributed by atoms with Gasteiger partial charge in [-0.15, -0.1) is 0 Å². The van der Waals surface area contributed by atoms with Crippen molar-refractivity contribution in [3.63, 3.8) is 0 Å². The number of rotatable bonds is 6. The quantitative estimate of drug-likeness (QED) is 0.803. The summed E-state index contributed by atoms with van der Waals surface area (Å²) in [7, 11) is 0. The van der Waals surface area contributed by atoms with Crippen LogP contribution >= 0.6 is 11.8 Å². The summed E-state index contributed by atoms with van der Waals surface area (Å²) in [6.07, 6.45) is 1.98. The Morgan fingerprint density at radius 2 is 1.85 bits per heavy atom. The molecule has 0 bridgehead atoms. The molecule has 1 aromatic heterocycles. The lowest BCUT2D eigenvalue weighted by Crippen LogP contribution is -2.07. The summed E-state index contributed by atoms with van der Waals surface area (Å²) >= 11 is 1.70. The Morgan fingerprint density at radius 3 is 2.50 bits per heavy atom. The van der Waals surface area contributed by atoms with Gasteiger partial charge in [0.15, 0.2) is 0 Å². The zero-order chi connectivity index (χ0) is 14.4. The predicted molar refractivity (Wildman–Crippen MR) is 85.5 cm³/mol. The van der Waals surface area contributed by atoms with E-state index in [0.29, 0.717) is 0 Å². The van der Waals surface area contributed by atoms with Crippen LogP contribution in [0, 0.1) is 6.92 Å². The summed E-state index contributed by atoms with van der Waals surface area (Å²) in [6.45, 7) is 7.20. The third-order valence-electron chi connectivity index (χ3n) is 2.92. The average molecular weight is 287 g/mol. The summed E-state index contributed by atoms with van der Waals surface area (Å²) in [4.78, 5) is 10.5. The van der Waals surface area contributed by atoms with E-state index in [1.165, 1.54) is 4.90 Å². The largest absolute Gasteiger partial charge is 0.370 e. The van der Waals surface area contributed by atoms with Crippen LogP contribution in [0.3, 0.4) is 0 Å². The maximum Gasteiger partial charge on any atom is 0.133 e. The molecule has 1 aromatic carbocycles. The molecular weight excluding hydrogens is 266 g/mol. The van der Waals surface area contributed by atoms with E-state index in [0.717, 1.165) is 41.6 Å². The number of nitrogens with one attached hydrogen (secondary N) is 1. The van der Waals surface area contributed by atoms with E-state index < -0.39 is 0 Å². The topological polar surface area (TPSA) is 37.8 Å². The SMILES string of the molecule is CCCc1nc(NCC)c(C)c(Sc2ccccc2)n1. The smallest absolute Gasteiger partial charge is 0.133 e. The molecule has 0 aliphatic rings. The minimum absolute atomic E-state index is 0.874. The van der Waals surface area contributed by atoms with Gasteiger partial charge in [-0.25, -0.2) is 9.97 Å². The molecule has 20 heavy (non-hydrogen) atoms. The molecule has 0 saturated heterocycles. The molecule has 4 heteroatoms. The van der Waals surface area contributed by atoms with Gasteiger partial charge in [-0.1, -0.05) is 36.9 Å². The van der Waals surface area contributed by atoms with E-state index in [1.54, 1.807) is 11.8 Å². The zero-order valence-electron chi connectivity index (χ0n) is 12.3. The number of aromatic nitrogens is 2. The Bertz CT molecular complexity index is 555. The highest BCUT2D eigenvalue weighted by atomic mass is 32.2. The molecule has 0 aliphatic carbocycles. The minimum atomic E-state index is 0.874. The van der Waals surface area contributed by atoms with Crippen molar-refractivity contribution >= 4 is 17.6 Å². The van der Waals surface area contributed by atoms with Crippen molar-refractivity contribution < 1.29 is 0 Å². The van der Waals surface area contributed by atoms with Gasteiger partial charge >= 0.3 is 0 Å². The standard InChI is InChI=1S/C16H21N3S/c1-4-9-14-18-15(17-5-2)12(3)16(19-14)20-13-10-7-6-8-11-13/h6-8,10-11H,4-5,9H2,1-3H3,(H,17,18,19). The maximum absolute atomic E-state index is 4.71. The molecule has 0 amide bonds. The number of anilines is 1. The van der Waals surface area contributed by atoms with Crippen molar-refractivity contribution in [3.05, 3.63) is 41.7 Å². The van der Waals surface area contributed by atoms with Gasteiger partial charge in [0.2, 0.25) is 0 Å². The van der Waals surface area contributed by atoms with Gasteiger partial charge in [0.05, 0.1) is 0 Å². The molecule has 0 saturated carbocycles. The summed E-state index contributed by atoms with van der Waals surface area (Å²) in [5.41, 5.74) is 1.13. The molecule has 0 fully saturated rings. The first kappa shape index (κ1) is 14.9. The van der Waals surface area contributed by atoms with Crippen LogP contribution in [-0.2, 0) is 6.42 Å². The Morgan fingerprint density at radius 1 is 1.10 bits per heavy atom.